The summed E-state index contributed by atoms with van der Waals surface area (Å²) in [5.74, 6) is -1.05. The first-order valence-corrected chi connectivity index (χ1v) is 6.09. The quantitative estimate of drug-likeness (QED) is 0.898. The molecule has 0 fully saturated rings. The fourth-order valence-electron chi connectivity index (χ4n) is 2.32. The van der Waals surface area contributed by atoms with Gasteiger partial charge in [-0.3, -0.25) is 4.79 Å². The van der Waals surface area contributed by atoms with Crippen molar-refractivity contribution in [1.29, 1.82) is 0 Å². The zero-order valence-electron chi connectivity index (χ0n) is 9.30. The van der Waals surface area contributed by atoms with Crippen molar-refractivity contribution >= 4 is 29.2 Å². The summed E-state index contributed by atoms with van der Waals surface area (Å²) >= 11 is 12.2. The van der Waals surface area contributed by atoms with Crippen LogP contribution in [0.1, 0.15) is 29.9 Å². The monoisotopic (exact) mass is 274 g/mol. The molecule has 92 valence electrons. The van der Waals surface area contributed by atoms with Gasteiger partial charge in [-0.15, -0.1) is 0 Å². The number of ether oxygens (including phenoxy) is 1. The Morgan fingerprint density at radius 2 is 2.24 bits per heavy atom. The molecule has 0 spiro atoms. The van der Waals surface area contributed by atoms with Crippen molar-refractivity contribution in [3.8, 4) is 5.75 Å². The first-order valence-electron chi connectivity index (χ1n) is 5.33. The number of carbonyl (C=O) groups is 1. The van der Waals surface area contributed by atoms with E-state index in [0.29, 0.717) is 27.8 Å². The third-order valence-electron chi connectivity index (χ3n) is 3.09. The van der Waals surface area contributed by atoms with E-state index >= 15 is 0 Å². The molecular formula is C12H12Cl2O3. The topological polar surface area (TPSA) is 46.5 Å². The second kappa shape index (κ2) is 4.75. The van der Waals surface area contributed by atoms with E-state index < -0.39 is 11.9 Å². The normalized spacial score (nSPS) is 18.6. The van der Waals surface area contributed by atoms with Gasteiger partial charge in [-0.25, -0.2) is 0 Å². The lowest BCUT2D eigenvalue weighted by atomic mass is 9.82. The number of carboxylic acid groups (broad SMARTS) is 1. The molecular weight excluding hydrogens is 263 g/mol. The minimum Gasteiger partial charge on any atom is -0.494 e. The lowest BCUT2D eigenvalue weighted by Crippen LogP contribution is -2.18. The van der Waals surface area contributed by atoms with E-state index in [1.165, 1.54) is 7.11 Å². The van der Waals surface area contributed by atoms with Crippen molar-refractivity contribution in [2.24, 2.45) is 0 Å². The molecule has 0 amide bonds. The number of benzene rings is 1. The maximum absolute atomic E-state index is 11.2. The first kappa shape index (κ1) is 12.5. The molecule has 0 bridgehead atoms. The molecule has 1 atom stereocenters. The highest BCUT2D eigenvalue weighted by atomic mass is 35.5. The molecule has 1 aliphatic rings. The smallest absolute Gasteiger partial charge is 0.311 e. The minimum absolute atomic E-state index is 0.335. The Morgan fingerprint density at radius 1 is 1.53 bits per heavy atom. The summed E-state index contributed by atoms with van der Waals surface area (Å²) in [5, 5.41) is 9.98. The number of aryl methyl sites for hydroxylation is 1. The second-order valence-corrected chi connectivity index (χ2v) is 4.85. The first-order chi connectivity index (χ1) is 8.06. The van der Waals surface area contributed by atoms with Gasteiger partial charge in [0, 0.05) is 0 Å². The van der Waals surface area contributed by atoms with Crippen molar-refractivity contribution in [3.63, 3.8) is 0 Å². The Kier molecular flexibility index (Phi) is 3.50. The number of hydrogen-bond acceptors (Lipinski definition) is 2. The predicted octanol–water partition coefficient (Wildman–Crippen LogP) is 3.51. The molecule has 0 aromatic heterocycles. The van der Waals surface area contributed by atoms with Crippen LogP contribution in [-0.4, -0.2) is 18.2 Å². The van der Waals surface area contributed by atoms with Crippen LogP contribution < -0.4 is 4.74 Å². The Bertz CT molecular complexity index is 471. The van der Waals surface area contributed by atoms with E-state index in [2.05, 4.69) is 0 Å². The molecule has 17 heavy (non-hydrogen) atoms. The predicted molar refractivity (Wildman–Crippen MR) is 66.3 cm³/mol. The third kappa shape index (κ3) is 2.09. The molecule has 1 N–H and O–H groups in total. The van der Waals surface area contributed by atoms with E-state index in [1.807, 2.05) is 0 Å². The number of halogens is 2. The summed E-state index contributed by atoms with van der Waals surface area (Å²) in [4.78, 5) is 11.2. The molecule has 0 saturated heterocycles. The fourth-order valence-corrected chi connectivity index (χ4v) is 3.11. The number of fused-ring (bicyclic) bond motifs is 1. The number of aliphatic carboxylic acids is 1. The van der Waals surface area contributed by atoms with Crippen LogP contribution in [0.5, 0.6) is 5.75 Å². The van der Waals surface area contributed by atoms with Gasteiger partial charge in [0.05, 0.1) is 23.1 Å². The Hall–Kier alpha value is -0.930. The molecule has 1 aromatic carbocycles. The van der Waals surface area contributed by atoms with E-state index in [1.54, 1.807) is 6.07 Å². The number of methoxy groups -OCH3 is 1. The lowest BCUT2D eigenvalue weighted by molar-refractivity contribution is -0.139. The number of carboxylic acids is 1. The molecule has 1 unspecified atom stereocenters. The van der Waals surface area contributed by atoms with Gasteiger partial charge in [0.1, 0.15) is 0 Å². The van der Waals surface area contributed by atoms with Crippen molar-refractivity contribution < 1.29 is 14.6 Å². The highest BCUT2D eigenvalue weighted by Gasteiger charge is 2.31. The van der Waals surface area contributed by atoms with Crippen LogP contribution in [0.2, 0.25) is 10.0 Å². The molecule has 1 aromatic rings. The van der Waals surface area contributed by atoms with Gasteiger partial charge in [0.15, 0.2) is 5.75 Å². The van der Waals surface area contributed by atoms with Gasteiger partial charge < -0.3 is 9.84 Å². The van der Waals surface area contributed by atoms with Crippen molar-refractivity contribution in [2.45, 2.75) is 25.2 Å². The summed E-state index contributed by atoms with van der Waals surface area (Å²) in [5.41, 5.74) is 1.58. The SMILES string of the molecule is COc1c(Cl)cc2c(c1Cl)C(C(=O)O)CCC2. The van der Waals surface area contributed by atoms with Crippen molar-refractivity contribution in [1.82, 2.24) is 0 Å². The fraction of sp³-hybridized carbons (Fsp3) is 0.417. The summed E-state index contributed by atoms with van der Waals surface area (Å²) in [7, 11) is 1.47. The average Bonchev–Trinajstić information content (AvgIpc) is 2.28. The molecule has 0 saturated carbocycles. The average molecular weight is 275 g/mol. The standard InChI is InChI=1S/C12H12Cl2O3/c1-17-11-8(13)5-6-3-2-4-7(12(15)16)9(6)10(11)14/h5,7H,2-4H2,1H3,(H,15,16). The molecule has 0 aliphatic heterocycles. The minimum atomic E-state index is -0.850. The zero-order valence-corrected chi connectivity index (χ0v) is 10.8. The molecule has 2 rings (SSSR count). The highest BCUT2D eigenvalue weighted by Crippen LogP contribution is 2.44. The van der Waals surface area contributed by atoms with Crippen molar-refractivity contribution in [3.05, 3.63) is 27.2 Å². The largest absolute Gasteiger partial charge is 0.494 e. The molecule has 0 heterocycles. The molecule has 5 heteroatoms. The number of rotatable bonds is 2. The van der Waals surface area contributed by atoms with E-state index in [9.17, 15) is 9.90 Å². The number of hydrogen-bond donors (Lipinski definition) is 1. The molecule has 1 aliphatic carbocycles. The van der Waals surface area contributed by atoms with Gasteiger partial charge in [0.25, 0.3) is 0 Å². The lowest BCUT2D eigenvalue weighted by Gasteiger charge is -2.25. The maximum Gasteiger partial charge on any atom is 0.311 e. The summed E-state index contributed by atoms with van der Waals surface area (Å²) < 4.78 is 5.11. The maximum atomic E-state index is 11.2. The van der Waals surface area contributed by atoms with E-state index in [4.69, 9.17) is 27.9 Å². The Balaban J connectivity index is 2.63. The van der Waals surface area contributed by atoms with Gasteiger partial charge >= 0.3 is 5.97 Å². The van der Waals surface area contributed by atoms with E-state index in [0.717, 1.165) is 18.4 Å². The Labute approximate surface area is 109 Å². The van der Waals surface area contributed by atoms with Gasteiger partial charge in [0.2, 0.25) is 0 Å². The zero-order chi connectivity index (χ0) is 12.6. The summed E-state index contributed by atoms with van der Waals surface area (Å²) in [6.07, 6.45) is 2.25. The highest BCUT2D eigenvalue weighted by molar-refractivity contribution is 6.38. The van der Waals surface area contributed by atoms with Crippen LogP contribution in [0.3, 0.4) is 0 Å². The van der Waals surface area contributed by atoms with Gasteiger partial charge in [-0.05, 0) is 36.5 Å². The van der Waals surface area contributed by atoms with Crippen LogP contribution in [0.15, 0.2) is 6.07 Å². The Morgan fingerprint density at radius 3 is 2.82 bits per heavy atom. The van der Waals surface area contributed by atoms with E-state index in [-0.39, 0.29) is 0 Å². The van der Waals surface area contributed by atoms with Crippen LogP contribution in [0.25, 0.3) is 0 Å². The van der Waals surface area contributed by atoms with Gasteiger partial charge in [-0.2, -0.15) is 0 Å². The van der Waals surface area contributed by atoms with Crippen molar-refractivity contribution in [2.75, 3.05) is 7.11 Å². The second-order valence-electron chi connectivity index (χ2n) is 4.06. The van der Waals surface area contributed by atoms with Crippen LogP contribution in [0, 0.1) is 0 Å². The van der Waals surface area contributed by atoms with Gasteiger partial charge in [-0.1, -0.05) is 23.2 Å². The summed E-state index contributed by atoms with van der Waals surface area (Å²) in [6, 6.07) is 1.76. The summed E-state index contributed by atoms with van der Waals surface area (Å²) in [6.45, 7) is 0. The molecule has 0 radical (unpaired) electrons. The van der Waals surface area contributed by atoms with Crippen LogP contribution in [-0.2, 0) is 11.2 Å². The third-order valence-corrected chi connectivity index (χ3v) is 3.75. The van der Waals surface area contributed by atoms with Crippen LogP contribution >= 0.6 is 23.2 Å². The molecule has 3 nitrogen and oxygen atoms in total. The van der Waals surface area contributed by atoms with Crippen LogP contribution in [0.4, 0.5) is 0 Å².